The van der Waals surface area contributed by atoms with Gasteiger partial charge in [0.1, 0.15) is 5.69 Å². The molecule has 3 rings (SSSR count). The van der Waals surface area contributed by atoms with Crippen LogP contribution in [0, 0.1) is 6.92 Å². The SMILES string of the molecule is CCCn1nc(C(=O)N2CCCc3cc(Cl)cc(C)c32)ccc1=O. The van der Waals surface area contributed by atoms with E-state index in [1.807, 2.05) is 26.0 Å². The van der Waals surface area contributed by atoms with Gasteiger partial charge in [-0.1, -0.05) is 18.5 Å². The number of aromatic nitrogens is 2. The molecular weight excluding hydrogens is 326 g/mol. The van der Waals surface area contributed by atoms with Crippen LogP contribution in [-0.2, 0) is 13.0 Å². The normalized spacial score (nSPS) is 13.7. The van der Waals surface area contributed by atoms with Crippen LogP contribution < -0.4 is 10.5 Å². The third-order valence-electron chi connectivity index (χ3n) is 4.21. The number of hydrogen-bond donors (Lipinski definition) is 0. The van der Waals surface area contributed by atoms with E-state index in [1.165, 1.54) is 16.8 Å². The topological polar surface area (TPSA) is 55.2 Å². The van der Waals surface area contributed by atoms with E-state index in [4.69, 9.17) is 11.6 Å². The maximum Gasteiger partial charge on any atom is 0.278 e. The second-order valence-corrected chi connectivity index (χ2v) is 6.51. The van der Waals surface area contributed by atoms with E-state index in [1.54, 1.807) is 4.90 Å². The van der Waals surface area contributed by atoms with Crippen LogP contribution in [0.4, 0.5) is 5.69 Å². The summed E-state index contributed by atoms with van der Waals surface area (Å²) >= 11 is 6.15. The summed E-state index contributed by atoms with van der Waals surface area (Å²) in [6.45, 7) is 5.08. The summed E-state index contributed by atoms with van der Waals surface area (Å²) in [4.78, 5) is 26.6. The lowest BCUT2D eigenvalue weighted by Crippen LogP contribution is -2.38. The highest BCUT2D eigenvalue weighted by molar-refractivity contribution is 6.31. The van der Waals surface area contributed by atoms with Crippen molar-refractivity contribution in [3.63, 3.8) is 0 Å². The number of amides is 1. The fraction of sp³-hybridized carbons (Fsp3) is 0.389. The molecule has 1 amide bonds. The van der Waals surface area contributed by atoms with Gasteiger partial charge in [-0.25, -0.2) is 4.68 Å². The Kier molecular flexibility index (Phi) is 4.71. The Labute approximate surface area is 145 Å². The van der Waals surface area contributed by atoms with Gasteiger partial charge in [-0.15, -0.1) is 0 Å². The van der Waals surface area contributed by atoms with Crippen LogP contribution in [0.3, 0.4) is 0 Å². The summed E-state index contributed by atoms with van der Waals surface area (Å²) in [5, 5.41) is 4.93. The lowest BCUT2D eigenvalue weighted by atomic mass is 9.98. The first-order chi connectivity index (χ1) is 11.5. The van der Waals surface area contributed by atoms with Crippen LogP contribution in [0.1, 0.15) is 41.4 Å². The van der Waals surface area contributed by atoms with Gasteiger partial charge in [-0.3, -0.25) is 9.59 Å². The summed E-state index contributed by atoms with van der Waals surface area (Å²) < 4.78 is 1.35. The fourth-order valence-corrected chi connectivity index (χ4v) is 3.49. The summed E-state index contributed by atoms with van der Waals surface area (Å²) in [6.07, 6.45) is 2.57. The molecule has 5 nitrogen and oxygen atoms in total. The van der Waals surface area contributed by atoms with E-state index < -0.39 is 0 Å². The number of nitrogens with zero attached hydrogens (tertiary/aromatic N) is 3. The molecular formula is C18H20ClN3O2. The zero-order valence-electron chi connectivity index (χ0n) is 13.9. The summed E-state index contributed by atoms with van der Waals surface area (Å²) in [7, 11) is 0. The summed E-state index contributed by atoms with van der Waals surface area (Å²) in [5.41, 5.74) is 3.10. The zero-order valence-corrected chi connectivity index (χ0v) is 14.6. The van der Waals surface area contributed by atoms with Crippen LogP contribution in [0.25, 0.3) is 0 Å². The van der Waals surface area contributed by atoms with Crippen molar-refractivity contribution in [1.29, 1.82) is 0 Å². The standard InChI is InChI=1S/C18H20ClN3O2/c1-3-8-22-16(23)7-6-15(20-22)18(24)21-9-4-5-13-11-14(19)10-12(2)17(13)21/h6-7,10-11H,3-5,8-9H2,1-2H3. The average Bonchev–Trinajstić information content (AvgIpc) is 2.55. The lowest BCUT2D eigenvalue weighted by molar-refractivity contribution is 0.0977. The molecule has 1 aromatic heterocycles. The maximum absolute atomic E-state index is 13.0. The number of aryl methyl sites for hydroxylation is 3. The van der Waals surface area contributed by atoms with E-state index >= 15 is 0 Å². The number of benzene rings is 1. The van der Waals surface area contributed by atoms with Gasteiger partial charge >= 0.3 is 0 Å². The molecule has 1 aliphatic heterocycles. The van der Waals surface area contributed by atoms with E-state index in [0.717, 1.165) is 36.1 Å². The van der Waals surface area contributed by atoms with E-state index in [2.05, 4.69) is 5.10 Å². The van der Waals surface area contributed by atoms with Crippen molar-refractivity contribution in [2.75, 3.05) is 11.4 Å². The van der Waals surface area contributed by atoms with Crippen LogP contribution >= 0.6 is 11.6 Å². The first-order valence-electron chi connectivity index (χ1n) is 8.20. The highest BCUT2D eigenvalue weighted by atomic mass is 35.5. The second kappa shape index (κ2) is 6.77. The van der Waals surface area contributed by atoms with Gasteiger partial charge in [-0.2, -0.15) is 5.10 Å². The first-order valence-corrected chi connectivity index (χ1v) is 8.58. The number of hydrogen-bond acceptors (Lipinski definition) is 3. The molecule has 2 heterocycles. The minimum atomic E-state index is -0.185. The molecule has 2 aromatic rings. The van der Waals surface area contributed by atoms with Gasteiger partial charge in [0, 0.05) is 24.2 Å². The molecule has 0 radical (unpaired) electrons. The van der Waals surface area contributed by atoms with Crippen LogP contribution in [0.5, 0.6) is 0 Å². The second-order valence-electron chi connectivity index (χ2n) is 6.07. The van der Waals surface area contributed by atoms with Gasteiger partial charge in [-0.05, 0) is 55.5 Å². The molecule has 6 heteroatoms. The highest BCUT2D eigenvalue weighted by Crippen LogP contribution is 2.34. The molecule has 0 saturated heterocycles. The van der Waals surface area contributed by atoms with E-state index in [9.17, 15) is 9.59 Å². The summed E-state index contributed by atoms with van der Waals surface area (Å²) in [6, 6.07) is 6.72. The third-order valence-corrected chi connectivity index (χ3v) is 4.43. The molecule has 0 bridgehead atoms. The average molecular weight is 346 g/mol. The summed E-state index contributed by atoms with van der Waals surface area (Å²) in [5.74, 6) is -0.175. The van der Waals surface area contributed by atoms with Crippen molar-refractivity contribution in [1.82, 2.24) is 9.78 Å². The van der Waals surface area contributed by atoms with Crippen molar-refractivity contribution in [2.45, 2.75) is 39.7 Å². The Balaban J connectivity index is 2.01. The Morgan fingerprint density at radius 1 is 1.33 bits per heavy atom. The lowest BCUT2D eigenvalue weighted by Gasteiger charge is -2.31. The van der Waals surface area contributed by atoms with Crippen molar-refractivity contribution in [3.05, 3.63) is 56.5 Å². The molecule has 1 aliphatic rings. The predicted octanol–water partition coefficient (Wildman–Crippen LogP) is 3.21. The number of carbonyl (C=O) groups excluding carboxylic acids is 1. The smallest absolute Gasteiger partial charge is 0.278 e. The largest absolute Gasteiger partial charge is 0.306 e. The van der Waals surface area contributed by atoms with Crippen molar-refractivity contribution in [3.8, 4) is 0 Å². The predicted molar refractivity (Wildman–Crippen MR) is 95.0 cm³/mol. The molecule has 0 aliphatic carbocycles. The van der Waals surface area contributed by atoms with Gasteiger partial charge in [0.2, 0.25) is 0 Å². The van der Waals surface area contributed by atoms with Crippen molar-refractivity contribution < 1.29 is 4.79 Å². The molecule has 0 unspecified atom stereocenters. The minimum Gasteiger partial charge on any atom is -0.306 e. The Morgan fingerprint density at radius 2 is 2.12 bits per heavy atom. The third kappa shape index (κ3) is 3.08. The number of fused-ring (bicyclic) bond motifs is 1. The quantitative estimate of drug-likeness (QED) is 0.858. The molecule has 0 atom stereocenters. The van der Waals surface area contributed by atoms with Gasteiger partial charge in [0.25, 0.3) is 11.5 Å². The Bertz CT molecular complexity index is 845. The zero-order chi connectivity index (χ0) is 17.3. The van der Waals surface area contributed by atoms with Crippen LogP contribution in [0.15, 0.2) is 29.1 Å². The molecule has 0 saturated carbocycles. The van der Waals surface area contributed by atoms with Gasteiger partial charge in [0.15, 0.2) is 0 Å². The molecule has 126 valence electrons. The maximum atomic E-state index is 13.0. The van der Waals surface area contributed by atoms with Gasteiger partial charge < -0.3 is 4.90 Å². The monoisotopic (exact) mass is 345 g/mol. The van der Waals surface area contributed by atoms with E-state index in [0.29, 0.717) is 23.8 Å². The van der Waals surface area contributed by atoms with Crippen LogP contribution in [-0.4, -0.2) is 22.2 Å². The van der Waals surface area contributed by atoms with Crippen LogP contribution in [0.2, 0.25) is 5.02 Å². The number of carbonyl (C=O) groups is 1. The molecule has 0 fully saturated rings. The number of halogens is 1. The first kappa shape index (κ1) is 16.7. The van der Waals surface area contributed by atoms with Crippen molar-refractivity contribution in [2.24, 2.45) is 0 Å². The van der Waals surface area contributed by atoms with Gasteiger partial charge in [0.05, 0.1) is 5.69 Å². The number of rotatable bonds is 3. The Hall–Kier alpha value is -2.14. The van der Waals surface area contributed by atoms with E-state index in [-0.39, 0.29) is 11.5 Å². The minimum absolute atomic E-state index is 0.175. The number of anilines is 1. The Morgan fingerprint density at radius 3 is 2.88 bits per heavy atom. The molecule has 1 aromatic carbocycles. The molecule has 24 heavy (non-hydrogen) atoms. The highest BCUT2D eigenvalue weighted by Gasteiger charge is 2.26. The fourth-order valence-electron chi connectivity index (χ4n) is 3.20. The van der Waals surface area contributed by atoms with Crippen molar-refractivity contribution >= 4 is 23.2 Å². The molecule has 0 N–H and O–H groups in total. The molecule has 0 spiro atoms.